The van der Waals surface area contributed by atoms with Crippen LogP contribution in [0.15, 0.2) is 18.2 Å². The molecule has 4 nitrogen and oxygen atoms in total. The molecule has 6 heteroatoms. The Labute approximate surface area is 134 Å². The molecule has 0 aliphatic rings. The molecule has 2 rings (SSSR count). The van der Waals surface area contributed by atoms with E-state index in [4.69, 9.17) is 27.9 Å². The van der Waals surface area contributed by atoms with E-state index in [9.17, 15) is 0 Å². The van der Waals surface area contributed by atoms with Crippen molar-refractivity contribution in [3.05, 3.63) is 39.6 Å². The van der Waals surface area contributed by atoms with E-state index in [1.165, 1.54) is 0 Å². The summed E-state index contributed by atoms with van der Waals surface area (Å²) in [5.74, 6) is 2.43. The quantitative estimate of drug-likeness (QED) is 0.838. The van der Waals surface area contributed by atoms with Crippen LogP contribution in [0, 0.1) is 13.8 Å². The Morgan fingerprint density at radius 1 is 1.19 bits per heavy atom. The van der Waals surface area contributed by atoms with Crippen LogP contribution in [0.3, 0.4) is 0 Å². The predicted octanol–water partition coefficient (Wildman–Crippen LogP) is 5.01. The van der Waals surface area contributed by atoms with Crippen molar-refractivity contribution in [3.63, 3.8) is 0 Å². The van der Waals surface area contributed by atoms with Gasteiger partial charge in [-0.1, -0.05) is 30.1 Å². The third kappa shape index (κ3) is 3.99. The van der Waals surface area contributed by atoms with Crippen molar-refractivity contribution in [2.45, 2.75) is 27.2 Å². The van der Waals surface area contributed by atoms with Crippen molar-refractivity contribution in [3.8, 4) is 11.6 Å². The molecule has 2 aromatic rings. The van der Waals surface area contributed by atoms with E-state index >= 15 is 0 Å². The first-order valence-corrected chi connectivity index (χ1v) is 7.49. The van der Waals surface area contributed by atoms with Crippen molar-refractivity contribution in [2.24, 2.45) is 0 Å². The predicted molar refractivity (Wildman–Crippen MR) is 86.8 cm³/mol. The lowest BCUT2D eigenvalue weighted by atomic mass is 10.3. The monoisotopic (exact) mass is 325 g/mol. The molecule has 1 aromatic heterocycles. The topological polar surface area (TPSA) is 47.0 Å². The number of aromatic nitrogens is 2. The first kappa shape index (κ1) is 15.9. The standard InChI is InChI=1S/C15H17Cl2N3O/c1-4-7-18-14-9(2)15(20-10(3)19-14)21-13-6-5-11(16)8-12(13)17/h5-6,8H,4,7H2,1-3H3,(H,18,19,20). The van der Waals surface area contributed by atoms with Crippen LogP contribution in [-0.4, -0.2) is 16.5 Å². The number of hydrogen-bond acceptors (Lipinski definition) is 4. The summed E-state index contributed by atoms with van der Waals surface area (Å²) in [5.41, 5.74) is 0.847. The summed E-state index contributed by atoms with van der Waals surface area (Å²) >= 11 is 12.0. The highest BCUT2D eigenvalue weighted by atomic mass is 35.5. The molecule has 0 radical (unpaired) electrons. The molecule has 21 heavy (non-hydrogen) atoms. The van der Waals surface area contributed by atoms with Crippen molar-refractivity contribution in [2.75, 3.05) is 11.9 Å². The van der Waals surface area contributed by atoms with Crippen LogP contribution in [0.25, 0.3) is 0 Å². The molecule has 1 N–H and O–H groups in total. The van der Waals surface area contributed by atoms with Gasteiger partial charge in [0.25, 0.3) is 0 Å². The number of anilines is 1. The summed E-state index contributed by atoms with van der Waals surface area (Å²) in [6, 6.07) is 5.08. The van der Waals surface area contributed by atoms with Gasteiger partial charge in [-0.15, -0.1) is 0 Å². The van der Waals surface area contributed by atoms with Crippen LogP contribution in [-0.2, 0) is 0 Å². The fourth-order valence-corrected chi connectivity index (χ4v) is 2.23. The number of nitrogens with zero attached hydrogens (tertiary/aromatic N) is 2. The molecule has 0 aliphatic heterocycles. The largest absolute Gasteiger partial charge is 0.437 e. The SMILES string of the molecule is CCCNc1nc(C)nc(Oc2ccc(Cl)cc2Cl)c1C. The molecule has 0 unspecified atom stereocenters. The Morgan fingerprint density at radius 3 is 2.62 bits per heavy atom. The average Bonchev–Trinajstić information content (AvgIpc) is 2.43. The Hall–Kier alpha value is -1.52. The molecule has 1 aromatic carbocycles. The smallest absolute Gasteiger partial charge is 0.227 e. The van der Waals surface area contributed by atoms with E-state index < -0.39 is 0 Å². The number of halogens is 2. The summed E-state index contributed by atoms with van der Waals surface area (Å²) < 4.78 is 5.81. The number of nitrogens with one attached hydrogen (secondary N) is 1. The number of aryl methyl sites for hydroxylation is 1. The summed E-state index contributed by atoms with van der Waals surface area (Å²) in [7, 11) is 0. The zero-order valence-electron chi connectivity index (χ0n) is 12.2. The first-order chi connectivity index (χ1) is 10.0. The molecule has 0 saturated carbocycles. The third-order valence-electron chi connectivity index (χ3n) is 2.86. The zero-order valence-corrected chi connectivity index (χ0v) is 13.7. The van der Waals surface area contributed by atoms with Gasteiger partial charge in [0.15, 0.2) is 0 Å². The lowest BCUT2D eigenvalue weighted by molar-refractivity contribution is 0.456. The van der Waals surface area contributed by atoms with Crippen molar-refractivity contribution in [1.29, 1.82) is 0 Å². The van der Waals surface area contributed by atoms with Crippen LogP contribution in [0.2, 0.25) is 10.0 Å². The molecule has 0 saturated heterocycles. The van der Waals surface area contributed by atoms with Gasteiger partial charge in [0.2, 0.25) is 5.88 Å². The second-order valence-electron chi connectivity index (χ2n) is 4.65. The van der Waals surface area contributed by atoms with Gasteiger partial charge in [0.1, 0.15) is 17.4 Å². The maximum Gasteiger partial charge on any atom is 0.227 e. The van der Waals surface area contributed by atoms with Crippen LogP contribution in [0.5, 0.6) is 11.6 Å². The molecular formula is C15H17Cl2N3O. The van der Waals surface area contributed by atoms with E-state index in [-0.39, 0.29) is 0 Å². The summed E-state index contributed by atoms with van der Waals surface area (Å²) in [6.45, 7) is 6.68. The fourth-order valence-electron chi connectivity index (χ4n) is 1.78. The summed E-state index contributed by atoms with van der Waals surface area (Å²) in [4.78, 5) is 8.73. The molecule has 0 aliphatic carbocycles. The Bertz CT molecular complexity index is 647. The molecule has 0 fully saturated rings. The van der Waals surface area contributed by atoms with E-state index in [0.29, 0.717) is 27.5 Å². The van der Waals surface area contributed by atoms with E-state index in [2.05, 4.69) is 22.2 Å². The Kier molecular flexibility index (Phi) is 5.26. The van der Waals surface area contributed by atoms with Gasteiger partial charge in [0, 0.05) is 11.6 Å². The van der Waals surface area contributed by atoms with Gasteiger partial charge < -0.3 is 10.1 Å². The second-order valence-corrected chi connectivity index (χ2v) is 5.50. The van der Waals surface area contributed by atoms with E-state index in [0.717, 1.165) is 24.3 Å². The van der Waals surface area contributed by atoms with Crippen LogP contribution >= 0.6 is 23.2 Å². The third-order valence-corrected chi connectivity index (χ3v) is 3.39. The van der Waals surface area contributed by atoms with Gasteiger partial charge in [-0.25, -0.2) is 4.98 Å². The zero-order chi connectivity index (χ0) is 15.4. The van der Waals surface area contributed by atoms with Gasteiger partial charge >= 0.3 is 0 Å². The minimum Gasteiger partial charge on any atom is -0.437 e. The molecule has 0 amide bonds. The van der Waals surface area contributed by atoms with Crippen LogP contribution < -0.4 is 10.1 Å². The van der Waals surface area contributed by atoms with Crippen LogP contribution in [0.1, 0.15) is 24.7 Å². The van der Waals surface area contributed by atoms with Crippen molar-refractivity contribution >= 4 is 29.0 Å². The maximum absolute atomic E-state index is 6.13. The minimum atomic E-state index is 0.446. The van der Waals surface area contributed by atoms with Crippen LogP contribution in [0.4, 0.5) is 5.82 Å². The second kappa shape index (κ2) is 6.96. The first-order valence-electron chi connectivity index (χ1n) is 6.73. The highest BCUT2D eigenvalue weighted by Gasteiger charge is 2.12. The van der Waals surface area contributed by atoms with Gasteiger partial charge in [-0.05, 0) is 38.5 Å². The van der Waals surface area contributed by atoms with Gasteiger partial charge in [-0.2, -0.15) is 4.98 Å². The van der Waals surface area contributed by atoms with Crippen molar-refractivity contribution in [1.82, 2.24) is 9.97 Å². The molecule has 112 valence electrons. The number of rotatable bonds is 5. The fraction of sp³-hybridized carbons (Fsp3) is 0.333. The number of ether oxygens (including phenoxy) is 1. The lowest BCUT2D eigenvalue weighted by Crippen LogP contribution is -2.07. The molecule has 0 spiro atoms. The minimum absolute atomic E-state index is 0.446. The molecule has 0 atom stereocenters. The normalized spacial score (nSPS) is 10.5. The van der Waals surface area contributed by atoms with Crippen molar-refractivity contribution < 1.29 is 4.74 Å². The maximum atomic E-state index is 6.13. The summed E-state index contributed by atoms with van der Waals surface area (Å²) in [5, 5.41) is 4.28. The Morgan fingerprint density at radius 2 is 1.95 bits per heavy atom. The molecule has 1 heterocycles. The molecular weight excluding hydrogens is 309 g/mol. The van der Waals surface area contributed by atoms with Gasteiger partial charge in [-0.3, -0.25) is 0 Å². The van der Waals surface area contributed by atoms with E-state index in [1.807, 2.05) is 13.8 Å². The summed E-state index contributed by atoms with van der Waals surface area (Å²) in [6.07, 6.45) is 1.02. The number of benzene rings is 1. The number of hydrogen-bond donors (Lipinski definition) is 1. The highest BCUT2D eigenvalue weighted by molar-refractivity contribution is 6.35. The Balaban J connectivity index is 2.32. The van der Waals surface area contributed by atoms with E-state index in [1.54, 1.807) is 18.2 Å². The highest BCUT2D eigenvalue weighted by Crippen LogP contribution is 2.33. The molecule has 0 bridgehead atoms. The lowest BCUT2D eigenvalue weighted by Gasteiger charge is -2.13. The van der Waals surface area contributed by atoms with Gasteiger partial charge in [0.05, 0.1) is 10.6 Å². The average molecular weight is 326 g/mol.